The lowest BCUT2D eigenvalue weighted by atomic mass is 10.1. The summed E-state index contributed by atoms with van der Waals surface area (Å²) in [5.41, 5.74) is 1.51. The molecule has 1 atom stereocenters. The lowest BCUT2D eigenvalue weighted by Gasteiger charge is -2.18. The van der Waals surface area contributed by atoms with Crippen molar-refractivity contribution in [1.82, 2.24) is 0 Å². The molecule has 1 amide bonds. The van der Waals surface area contributed by atoms with Gasteiger partial charge in [-0.1, -0.05) is 48.5 Å². The zero-order valence-corrected chi connectivity index (χ0v) is 16.5. The number of nitrogens with one attached hydrogen (secondary N) is 1. The van der Waals surface area contributed by atoms with Crippen molar-refractivity contribution in [3.63, 3.8) is 0 Å². The number of hydrogen-bond donors (Lipinski definition) is 1. The number of amides is 1. The van der Waals surface area contributed by atoms with Gasteiger partial charge in [0, 0.05) is 17.7 Å². The fraction of sp³-hybridized carbons (Fsp3) is 0.167. The number of methoxy groups -OCH3 is 1. The zero-order chi connectivity index (χ0) is 21.3. The van der Waals surface area contributed by atoms with E-state index in [4.69, 9.17) is 9.47 Å². The van der Waals surface area contributed by atoms with Gasteiger partial charge in [-0.2, -0.15) is 0 Å². The molecule has 0 heterocycles. The summed E-state index contributed by atoms with van der Waals surface area (Å²) in [4.78, 5) is 25.3. The number of rotatable bonds is 8. The van der Waals surface area contributed by atoms with Crippen molar-refractivity contribution in [2.45, 2.75) is 18.9 Å². The molecular formula is C24H22FNO4. The Morgan fingerprint density at radius 2 is 1.60 bits per heavy atom. The van der Waals surface area contributed by atoms with Gasteiger partial charge >= 0.3 is 5.97 Å². The average Bonchev–Trinajstić information content (AvgIpc) is 2.78. The van der Waals surface area contributed by atoms with Crippen LogP contribution in [0, 0.1) is 5.82 Å². The molecular weight excluding hydrogens is 385 g/mol. The first-order valence-corrected chi connectivity index (χ1v) is 9.49. The lowest BCUT2D eigenvalue weighted by Crippen LogP contribution is -2.26. The van der Waals surface area contributed by atoms with Crippen LogP contribution in [0.1, 0.15) is 23.7 Å². The molecule has 0 aliphatic carbocycles. The van der Waals surface area contributed by atoms with E-state index >= 15 is 0 Å². The molecule has 0 radical (unpaired) electrons. The monoisotopic (exact) mass is 407 g/mol. The van der Waals surface area contributed by atoms with Gasteiger partial charge < -0.3 is 14.8 Å². The minimum atomic E-state index is -1.12. The Morgan fingerprint density at radius 3 is 2.27 bits per heavy atom. The second-order valence-electron chi connectivity index (χ2n) is 6.59. The molecule has 3 aromatic carbocycles. The van der Waals surface area contributed by atoms with Crippen LogP contribution in [-0.4, -0.2) is 19.0 Å². The molecule has 0 saturated carbocycles. The molecule has 6 heteroatoms. The topological polar surface area (TPSA) is 64.6 Å². The molecule has 0 spiro atoms. The number of ether oxygens (including phenoxy) is 2. The molecule has 1 unspecified atom stereocenters. The van der Waals surface area contributed by atoms with Gasteiger partial charge in [0.05, 0.1) is 7.11 Å². The Balaban J connectivity index is 1.69. The summed E-state index contributed by atoms with van der Waals surface area (Å²) in [6, 6.07) is 21.8. The maximum absolute atomic E-state index is 13.8. The second kappa shape index (κ2) is 10.2. The summed E-state index contributed by atoms with van der Waals surface area (Å²) >= 11 is 0. The van der Waals surface area contributed by atoms with Crippen molar-refractivity contribution in [2.75, 3.05) is 12.4 Å². The normalized spacial score (nSPS) is 11.4. The highest BCUT2D eigenvalue weighted by molar-refractivity contribution is 5.96. The predicted molar refractivity (Wildman–Crippen MR) is 112 cm³/mol. The number of carbonyl (C=O) groups excluding carboxylic acids is 2. The maximum Gasteiger partial charge on any atom is 0.307 e. The first-order valence-electron chi connectivity index (χ1n) is 9.49. The first-order chi connectivity index (χ1) is 14.6. The van der Waals surface area contributed by atoms with E-state index in [0.29, 0.717) is 22.6 Å². The number of anilines is 1. The quantitative estimate of drug-likeness (QED) is 0.550. The zero-order valence-electron chi connectivity index (χ0n) is 16.5. The van der Waals surface area contributed by atoms with E-state index in [-0.39, 0.29) is 18.7 Å². The van der Waals surface area contributed by atoms with E-state index in [0.717, 1.165) is 0 Å². The predicted octanol–water partition coefficient (Wildman–Crippen LogP) is 4.69. The SMILES string of the molecule is COc1ccc(NC(=O)C(OC(=O)CCc2ccccc2F)c2ccccc2)cc1. The largest absolute Gasteiger partial charge is 0.497 e. The Morgan fingerprint density at radius 1 is 0.933 bits per heavy atom. The summed E-state index contributed by atoms with van der Waals surface area (Å²) in [5.74, 6) is -0.781. The third-order valence-electron chi connectivity index (χ3n) is 4.50. The molecule has 154 valence electrons. The van der Waals surface area contributed by atoms with Crippen molar-refractivity contribution >= 4 is 17.6 Å². The summed E-state index contributed by atoms with van der Waals surface area (Å²) in [5, 5.41) is 2.75. The summed E-state index contributed by atoms with van der Waals surface area (Å²) in [7, 11) is 1.56. The highest BCUT2D eigenvalue weighted by Gasteiger charge is 2.25. The van der Waals surface area contributed by atoms with Gasteiger partial charge in [0.1, 0.15) is 11.6 Å². The number of halogens is 1. The van der Waals surface area contributed by atoms with Gasteiger partial charge in [0.2, 0.25) is 6.10 Å². The molecule has 1 N–H and O–H groups in total. The van der Waals surface area contributed by atoms with Crippen molar-refractivity contribution in [2.24, 2.45) is 0 Å². The van der Waals surface area contributed by atoms with Crippen LogP contribution in [0.5, 0.6) is 5.75 Å². The fourth-order valence-electron chi connectivity index (χ4n) is 2.91. The third kappa shape index (κ3) is 5.67. The van der Waals surface area contributed by atoms with E-state index < -0.39 is 18.0 Å². The van der Waals surface area contributed by atoms with Crippen molar-refractivity contribution in [1.29, 1.82) is 0 Å². The third-order valence-corrected chi connectivity index (χ3v) is 4.50. The molecule has 0 aliphatic heterocycles. The maximum atomic E-state index is 13.8. The van der Waals surface area contributed by atoms with E-state index in [1.54, 1.807) is 73.8 Å². The van der Waals surface area contributed by atoms with E-state index in [1.165, 1.54) is 6.07 Å². The summed E-state index contributed by atoms with van der Waals surface area (Å²) in [6.07, 6.45) is -0.978. The molecule has 3 aromatic rings. The number of aryl methyl sites for hydroxylation is 1. The molecule has 0 aliphatic rings. The minimum absolute atomic E-state index is 0.0416. The van der Waals surface area contributed by atoms with Crippen molar-refractivity contribution < 1.29 is 23.5 Å². The van der Waals surface area contributed by atoms with Crippen LogP contribution < -0.4 is 10.1 Å². The van der Waals surface area contributed by atoms with Crippen LogP contribution in [0.4, 0.5) is 10.1 Å². The van der Waals surface area contributed by atoms with Gasteiger partial charge in [0.15, 0.2) is 0 Å². The summed E-state index contributed by atoms with van der Waals surface area (Å²) in [6.45, 7) is 0. The minimum Gasteiger partial charge on any atom is -0.497 e. The van der Waals surface area contributed by atoms with Gasteiger partial charge in [-0.25, -0.2) is 4.39 Å². The summed E-state index contributed by atoms with van der Waals surface area (Å²) < 4.78 is 24.4. The average molecular weight is 407 g/mol. The highest BCUT2D eigenvalue weighted by atomic mass is 19.1. The number of carbonyl (C=O) groups is 2. The van der Waals surface area contributed by atoms with Gasteiger partial charge in [-0.05, 0) is 42.3 Å². The van der Waals surface area contributed by atoms with Crippen LogP contribution in [0.2, 0.25) is 0 Å². The first kappa shape index (κ1) is 21.0. The number of hydrogen-bond acceptors (Lipinski definition) is 4. The van der Waals surface area contributed by atoms with Crippen LogP contribution >= 0.6 is 0 Å². The molecule has 0 saturated heterocycles. The highest BCUT2D eigenvalue weighted by Crippen LogP contribution is 2.22. The van der Waals surface area contributed by atoms with Gasteiger partial charge in [-0.3, -0.25) is 9.59 Å². The van der Waals surface area contributed by atoms with E-state index in [1.807, 2.05) is 6.07 Å². The molecule has 30 heavy (non-hydrogen) atoms. The molecule has 3 rings (SSSR count). The molecule has 5 nitrogen and oxygen atoms in total. The van der Waals surface area contributed by atoms with Crippen LogP contribution in [0.15, 0.2) is 78.9 Å². The van der Waals surface area contributed by atoms with Crippen LogP contribution in [-0.2, 0) is 20.7 Å². The lowest BCUT2D eigenvalue weighted by molar-refractivity contribution is -0.154. The Kier molecular flexibility index (Phi) is 7.16. The number of esters is 1. The van der Waals surface area contributed by atoms with E-state index in [9.17, 15) is 14.0 Å². The van der Waals surface area contributed by atoms with Crippen molar-refractivity contribution in [3.05, 3.63) is 95.8 Å². The standard InChI is InChI=1S/C24H22FNO4/c1-29-20-14-12-19(13-15-20)26-24(28)23(18-8-3-2-4-9-18)30-22(27)16-11-17-7-5-6-10-21(17)25/h2-10,12-15,23H,11,16H2,1H3,(H,26,28). The Hall–Kier alpha value is -3.67. The Labute approximate surface area is 174 Å². The second-order valence-corrected chi connectivity index (χ2v) is 6.59. The molecule has 0 aromatic heterocycles. The molecule has 0 bridgehead atoms. The fourth-order valence-corrected chi connectivity index (χ4v) is 2.91. The number of benzene rings is 3. The van der Waals surface area contributed by atoms with Crippen LogP contribution in [0.25, 0.3) is 0 Å². The van der Waals surface area contributed by atoms with E-state index in [2.05, 4.69) is 5.32 Å². The van der Waals surface area contributed by atoms with Crippen LogP contribution in [0.3, 0.4) is 0 Å². The smallest absolute Gasteiger partial charge is 0.307 e. The Bertz CT molecular complexity index is 990. The molecule has 0 fully saturated rings. The van der Waals surface area contributed by atoms with Gasteiger partial charge in [-0.15, -0.1) is 0 Å². The van der Waals surface area contributed by atoms with Gasteiger partial charge in [0.25, 0.3) is 5.91 Å². The van der Waals surface area contributed by atoms with Crippen molar-refractivity contribution in [3.8, 4) is 5.75 Å².